The van der Waals surface area contributed by atoms with Crippen LogP contribution in [0.5, 0.6) is 0 Å². The third kappa shape index (κ3) is 3.53. The van der Waals surface area contributed by atoms with Gasteiger partial charge in [-0.05, 0) is 12.5 Å². The zero-order chi connectivity index (χ0) is 10.6. The smallest absolute Gasteiger partial charge is 0.236 e. The lowest BCUT2D eigenvalue weighted by Gasteiger charge is -2.24. The van der Waals surface area contributed by atoms with Crippen molar-refractivity contribution in [1.29, 1.82) is 0 Å². The zero-order valence-corrected chi connectivity index (χ0v) is 9.83. The first-order chi connectivity index (χ1) is 6.66. The molecular weight excluding hydrogens is 212 g/mol. The molecule has 0 aliphatic carbocycles. The lowest BCUT2D eigenvalue weighted by molar-refractivity contribution is -0.130. The average molecular weight is 229 g/mol. The number of carbonyl (C=O) groups is 1. The van der Waals surface area contributed by atoms with Crippen LogP contribution in [0.1, 0.15) is 18.5 Å². The number of nitrogens with zero attached hydrogens (tertiary/aromatic N) is 1. The highest BCUT2D eigenvalue weighted by molar-refractivity contribution is 5.85. The Labute approximate surface area is 96.7 Å². The van der Waals surface area contributed by atoms with Crippen molar-refractivity contribution in [2.75, 3.05) is 13.6 Å². The van der Waals surface area contributed by atoms with Crippen LogP contribution in [-0.4, -0.2) is 24.4 Å². The van der Waals surface area contributed by atoms with E-state index in [0.29, 0.717) is 0 Å². The molecule has 1 amide bonds. The Morgan fingerprint density at radius 3 is 2.40 bits per heavy atom. The molecule has 2 N–H and O–H groups in total. The summed E-state index contributed by atoms with van der Waals surface area (Å²) in [5.41, 5.74) is 6.42. The topological polar surface area (TPSA) is 46.3 Å². The lowest BCUT2D eigenvalue weighted by Crippen LogP contribution is -2.34. The highest BCUT2D eigenvalue weighted by Gasteiger charge is 2.14. The van der Waals surface area contributed by atoms with Crippen molar-refractivity contribution in [2.45, 2.75) is 13.0 Å². The summed E-state index contributed by atoms with van der Waals surface area (Å²) in [5.74, 6) is -0.0404. The molecule has 3 nitrogen and oxygen atoms in total. The Balaban J connectivity index is 0.00000196. The van der Waals surface area contributed by atoms with Crippen molar-refractivity contribution in [3.8, 4) is 0 Å². The number of carbonyl (C=O) groups excluding carboxylic acids is 1. The van der Waals surface area contributed by atoms with Crippen LogP contribution < -0.4 is 5.73 Å². The lowest BCUT2D eigenvalue weighted by atomic mass is 10.1. The number of amides is 1. The fourth-order valence-corrected chi connectivity index (χ4v) is 1.32. The number of hydrogen-bond acceptors (Lipinski definition) is 2. The number of likely N-dealkylation sites (N-methyl/N-ethyl adjacent to an activating group) is 1. The molecule has 0 aromatic heterocycles. The van der Waals surface area contributed by atoms with Gasteiger partial charge in [0.05, 0.1) is 12.6 Å². The molecule has 0 spiro atoms. The van der Waals surface area contributed by atoms with E-state index in [9.17, 15) is 4.79 Å². The van der Waals surface area contributed by atoms with Crippen molar-refractivity contribution < 1.29 is 4.79 Å². The Bertz CT molecular complexity index is 303. The largest absolute Gasteiger partial charge is 0.338 e. The third-order valence-electron chi connectivity index (χ3n) is 2.43. The second-order valence-electron chi connectivity index (χ2n) is 3.30. The molecule has 1 atom stereocenters. The van der Waals surface area contributed by atoms with E-state index in [4.69, 9.17) is 5.73 Å². The van der Waals surface area contributed by atoms with Gasteiger partial charge in [0.15, 0.2) is 0 Å². The van der Waals surface area contributed by atoms with Crippen LogP contribution in [0.2, 0.25) is 0 Å². The predicted molar refractivity (Wildman–Crippen MR) is 63.9 cm³/mol. The number of halogens is 1. The third-order valence-corrected chi connectivity index (χ3v) is 2.43. The zero-order valence-electron chi connectivity index (χ0n) is 9.01. The fourth-order valence-electron chi connectivity index (χ4n) is 1.32. The number of nitrogens with two attached hydrogens (primary N) is 1. The monoisotopic (exact) mass is 228 g/mol. The molecule has 1 rings (SSSR count). The maximum Gasteiger partial charge on any atom is 0.236 e. The Hall–Kier alpha value is -1.06. The molecule has 0 fully saturated rings. The van der Waals surface area contributed by atoms with Gasteiger partial charge >= 0.3 is 0 Å². The Morgan fingerprint density at radius 1 is 1.40 bits per heavy atom. The molecule has 15 heavy (non-hydrogen) atoms. The summed E-state index contributed by atoms with van der Waals surface area (Å²) in [6.07, 6.45) is 0. The van der Waals surface area contributed by atoms with Crippen LogP contribution in [0.3, 0.4) is 0 Å². The van der Waals surface area contributed by atoms with Gasteiger partial charge in [-0.2, -0.15) is 0 Å². The predicted octanol–water partition coefficient (Wildman–Crippen LogP) is 1.59. The summed E-state index contributed by atoms with van der Waals surface area (Å²) in [7, 11) is 1.77. The van der Waals surface area contributed by atoms with E-state index in [0.717, 1.165) is 5.56 Å². The Kier molecular flexibility index (Phi) is 5.97. The first kappa shape index (κ1) is 13.9. The van der Waals surface area contributed by atoms with Gasteiger partial charge < -0.3 is 10.6 Å². The minimum atomic E-state index is -0.0404. The van der Waals surface area contributed by atoms with E-state index in [-0.39, 0.29) is 30.9 Å². The highest BCUT2D eigenvalue weighted by atomic mass is 35.5. The summed E-state index contributed by atoms with van der Waals surface area (Å²) in [6, 6.07) is 9.98. The summed E-state index contributed by atoms with van der Waals surface area (Å²) >= 11 is 0. The average Bonchev–Trinajstić information content (AvgIpc) is 2.27. The second kappa shape index (κ2) is 6.43. The van der Waals surface area contributed by atoms with Crippen LogP contribution in [0.4, 0.5) is 0 Å². The van der Waals surface area contributed by atoms with Crippen molar-refractivity contribution in [3.05, 3.63) is 35.9 Å². The van der Waals surface area contributed by atoms with Gasteiger partial charge in [-0.1, -0.05) is 30.3 Å². The van der Waals surface area contributed by atoms with E-state index in [2.05, 4.69) is 0 Å². The fraction of sp³-hybridized carbons (Fsp3) is 0.364. The first-order valence-corrected chi connectivity index (χ1v) is 4.67. The van der Waals surface area contributed by atoms with Gasteiger partial charge in [-0.15, -0.1) is 12.4 Å². The van der Waals surface area contributed by atoms with E-state index >= 15 is 0 Å². The molecule has 0 aliphatic heterocycles. The molecule has 0 unspecified atom stereocenters. The van der Waals surface area contributed by atoms with Gasteiger partial charge in [0.2, 0.25) is 5.91 Å². The number of hydrogen-bond donors (Lipinski definition) is 1. The quantitative estimate of drug-likeness (QED) is 0.854. The van der Waals surface area contributed by atoms with Crippen molar-refractivity contribution >= 4 is 18.3 Å². The summed E-state index contributed by atoms with van der Waals surface area (Å²) < 4.78 is 0. The molecule has 1 aromatic carbocycles. The van der Waals surface area contributed by atoms with Crippen molar-refractivity contribution in [1.82, 2.24) is 4.90 Å². The van der Waals surface area contributed by atoms with Gasteiger partial charge in [0, 0.05) is 7.05 Å². The van der Waals surface area contributed by atoms with Crippen LogP contribution in [-0.2, 0) is 4.79 Å². The van der Waals surface area contributed by atoms with Crippen LogP contribution in [0.15, 0.2) is 30.3 Å². The molecule has 0 bridgehead atoms. The molecule has 84 valence electrons. The van der Waals surface area contributed by atoms with Gasteiger partial charge in [-0.25, -0.2) is 0 Å². The maximum absolute atomic E-state index is 11.3. The molecule has 0 radical (unpaired) electrons. The standard InChI is InChI=1S/C11H16N2O.ClH/c1-9(13(2)11(14)8-12)10-6-4-3-5-7-10;/h3-7,9H,8,12H2,1-2H3;1H/t9-;/m1./s1. The minimum absolute atomic E-state index is 0. The molecule has 0 heterocycles. The number of rotatable bonds is 3. The minimum Gasteiger partial charge on any atom is -0.338 e. The normalized spacial score (nSPS) is 11.4. The molecule has 0 saturated carbocycles. The van der Waals surface area contributed by atoms with E-state index in [1.807, 2.05) is 37.3 Å². The molecular formula is C11H17ClN2O. The second-order valence-corrected chi connectivity index (χ2v) is 3.30. The van der Waals surface area contributed by atoms with Gasteiger partial charge in [0.25, 0.3) is 0 Å². The highest BCUT2D eigenvalue weighted by Crippen LogP contribution is 2.17. The Morgan fingerprint density at radius 2 is 1.93 bits per heavy atom. The summed E-state index contributed by atoms with van der Waals surface area (Å²) in [5, 5.41) is 0. The SMILES string of the molecule is C[C@H](c1ccccc1)N(C)C(=O)CN.Cl. The van der Waals surface area contributed by atoms with E-state index in [1.54, 1.807) is 11.9 Å². The summed E-state index contributed by atoms with van der Waals surface area (Å²) in [4.78, 5) is 13.0. The summed E-state index contributed by atoms with van der Waals surface area (Å²) in [6.45, 7) is 2.05. The van der Waals surface area contributed by atoms with E-state index < -0.39 is 0 Å². The molecule has 0 saturated heterocycles. The van der Waals surface area contributed by atoms with Gasteiger partial charge in [0.1, 0.15) is 0 Å². The van der Waals surface area contributed by atoms with Crippen molar-refractivity contribution in [3.63, 3.8) is 0 Å². The molecule has 1 aromatic rings. The van der Waals surface area contributed by atoms with Gasteiger partial charge in [-0.3, -0.25) is 4.79 Å². The van der Waals surface area contributed by atoms with Crippen LogP contribution in [0.25, 0.3) is 0 Å². The van der Waals surface area contributed by atoms with Crippen molar-refractivity contribution in [2.24, 2.45) is 5.73 Å². The first-order valence-electron chi connectivity index (χ1n) is 4.67. The maximum atomic E-state index is 11.3. The molecule has 4 heteroatoms. The molecule has 0 aliphatic rings. The van der Waals surface area contributed by atoms with Crippen LogP contribution in [0, 0.1) is 0 Å². The van der Waals surface area contributed by atoms with E-state index in [1.165, 1.54) is 0 Å². The number of benzene rings is 1. The van der Waals surface area contributed by atoms with Crippen LogP contribution >= 0.6 is 12.4 Å².